The molecule has 6 rings (SSSR count). The van der Waals surface area contributed by atoms with Crippen LogP contribution in [0.15, 0.2) is 83.3 Å². The van der Waals surface area contributed by atoms with Crippen LogP contribution in [-0.2, 0) is 0 Å². The molecule has 0 aliphatic carbocycles. The molecule has 0 N–H and O–H groups in total. The maximum Gasteiger partial charge on any atom is 0.573 e. The Labute approximate surface area is 173 Å². The first kappa shape index (κ1) is 17.8. The monoisotopic (exact) mass is 418 g/mol. The molecule has 0 spiro atoms. The van der Waals surface area contributed by atoms with Gasteiger partial charge in [0.2, 0.25) is 0 Å². The van der Waals surface area contributed by atoms with Crippen molar-refractivity contribution in [1.29, 1.82) is 0 Å². The summed E-state index contributed by atoms with van der Waals surface area (Å²) in [5.74, 6) is -0.271. The number of fused-ring (bicyclic) bond motifs is 7. The van der Waals surface area contributed by atoms with Crippen molar-refractivity contribution in [3.8, 4) is 17.0 Å². The second-order valence-corrected chi connectivity index (χ2v) is 7.20. The van der Waals surface area contributed by atoms with Crippen molar-refractivity contribution in [2.45, 2.75) is 6.36 Å². The molecule has 0 saturated carbocycles. The number of halogens is 3. The summed E-state index contributed by atoms with van der Waals surface area (Å²) in [5, 5.41) is 1.85. The number of benzene rings is 3. The summed E-state index contributed by atoms with van der Waals surface area (Å²) in [6.07, 6.45) is -4.73. The topological polar surface area (TPSA) is 39.7 Å². The minimum absolute atomic E-state index is 0.271. The summed E-state index contributed by atoms with van der Waals surface area (Å²) in [6, 6.07) is 23.2. The van der Waals surface area contributed by atoms with E-state index < -0.39 is 6.36 Å². The summed E-state index contributed by atoms with van der Waals surface area (Å²) in [5.41, 5.74) is 5.33. The number of aromatic nitrogens is 2. The van der Waals surface area contributed by atoms with Crippen LogP contribution in [0.3, 0.4) is 0 Å². The highest BCUT2D eigenvalue weighted by atomic mass is 19.4. The van der Waals surface area contributed by atoms with E-state index in [2.05, 4.69) is 4.74 Å². The molecular formula is C24H13F3N2O2. The molecule has 7 heteroatoms. The van der Waals surface area contributed by atoms with Crippen molar-refractivity contribution < 1.29 is 22.3 Å². The number of hydrogen-bond acceptors (Lipinski definition) is 3. The number of ether oxygens (including phenoxy) is 1. The number of imidazole rings is 1. The average molecular weight is 418 g/mol. The number of alkyl halides is 3. The molecule has 0 bridgehead atoms. The minimum atomic E-state index is -4.73. The number of furan rings is 1. The number of para-hydroxylation sites is 3. The Morgan fingerprint density at radius 1 is 0.839 bits per heavy atom. The molecule has 0 aliphatic heterocycles. The zero-order valence-electron chi connectivity index (χ0n) is 15.9. The Hall–Kier alpha value is -4.00. The van der Waals surface area contributed by atoms with E-state index in [0.29, 0.717) is 11.1 Å². The first-order valence-electron chi connectivity index (χ1n) is 9.55. The minimum Gasteiger partial charge on any atom is -0.456 e. The Kier molecular flexibility index (Phi) is 3.59. The van der Waals surface area contributed by atoms with Gasteiger partial charge in [-0.2, -0.15) is 0 Å². The van der Waals surface area contributed by atoms with Gasteiger partial charge in [0.05, 0.1) is 22.1 Å². The average Bonchev–Trinajstić information content (AvgIpc) is 3.30. The van der Waals surface area contributed by atoms with E-state index in [9.17, 15) is 13.2 Å². The fourth-order valence-electron chi connectivity index (χ4n) is 4.06. The van der Waals surface area contributed by atoms with Crippen molar-refractivity contribution in [1.82, 2.24) is 9.38 Å². The Balaban J connectivity index is 1.67. The quantitative estimate of drug-likeness (QED) is 0.305. The Morgan fingerprint density at radius 2 is 1.58 bits per heavy atom. The van der Waals surface area contributed by atoms with Crippen molar-refractivity contribution >= 4 is 38.6 Å². The van der Waals surface area contributed by atoms with Crippen LogP contribution >= 0.6 is 0 Å². The maximum atomic E-state index is 12.5. The molecule has 152 valence electrons. The van der Waals surface area contributed by atoms with Gasteiger partial charge in [0.1, 0.15) is 22.6 Å². The zero-order chi connectivity index (χ0) is 21.2. The summed E-state index contributed by atoms with van der Waals surface area (Å²) in [7, 11) is 0. The molecule has 3 aromatic carbocycles. The lowest BCUT2D eigenvalue weighted by Crippen LogP contribution is -2.16. The highest BCUT2D eigenvalue weighted by Crippen LogP contribution is 2.37. The molecule has 0 amide bonds. The van der Waals surface area contributed by atoms with Crippen LogP contribution in [0.4, 0.5) is 13.2 Å². The summed E-state index contributed by atoms with van der Waals surface area (Å²) < 4.78 is 49.7. The summed E-state index contributed by atoms with van der Waals surface area (Å²) >= 11 is 0. The first-order valence-corrected chi connectivity index (χ1v) is 9.55. The van der Waals surface area contributed by atoms with E-state index in [4.69, 9.17) is 9.40 Å². The standard InChI is InChI=1S/C24H13F3N2O2/c25-24(26,27)31-15-11-9-14(10-12-15)19-13-21-22(16-5-1-4-8-20(16)30-21)23-28-17-6-2-3-7-18(17)29(19)23/h1-13H. The summed E-state index contributed by atoms with van der Waals surface area (Å²) in [6.45, 7) is 0. The van der Waals surface area contributed by atoms with Crippen LogP contribution in [0.1, 0.15) is 0 Å². The van der Waals surface area contributed by atoms with Crippen LogP contribution in [0, 0.1) is 0 Å². The maximum absolute atomic E-state index is 12.5. The predicted molar refractivity (Wildman–Crippen MR) is 112 cm³/mol. The molecule has 6 aromatic rings. The van der Waals surface area contributed by atoms with Crippen LogP contribution in [0.25, 0.3) is 49.9 Å². The van der Waals surface area contributed by atoms with Gasteiger partial charge in [0, 0.05) is 11.5 Å². The third-order valence-corrected chi connectivity index (χ3v) is 5.30. The predicted octanol–water partition coefficient (Wildman–Crippen LogP) is 6.95. The van der Waals surface area contributed by atoms with Crippen LogP contribution < -0.4 is 4.74 Å². The second-order valence-electron chi connectivity index (χ2n) is 7.20. The molecule has 4 nitrogen and oxygen atoms in total. The van der Waals surface area contributed by atoms with Gasteiger partial charge in [-0.3, -0.25) is 4.40 Å². The smallest absolute Gasteiger partial charge is 0.456 e. The van der Waals surface area contributed by atoms with Crippen molar-refractivity contribution in [3.05, 3.63) is 78.9 Å². The van der Waals surface area contributed by atoms with Gasteiger partial charge in [0.15, 0.2) is 0 Å². The molecule has 3 aromatic heterocycles. The Morgan fingerprint density at radius 3 is 2.39 bits per heavy atom. The largest absolute Gasteiger partial charge is 0.573 e. The molecule has 0 aliphatic rings. The van der Waals surface area contributed by atoms with E-state index in [1.807, 2.05) is 59.0 Å². The van der Waals surface area contributed by atoms with Crippen molar-refractivity contribution in [2.24, 2.45) is 0 Å². The van der Waals surface area contributed by atoms with Gasteiger partial charge in [0.25, 0.3) is 0 Å². The van der Waals surface area contributed by atoms with Gasteiger partial charge in [-0.25, -0.2) is 4.98 Å². The number of nitrogens with zero attached hydrogens (tertiary/aromatic N) is 2. The molecule has 0 radical (unpaired) electrons. The van der Waals surface area contributed by atoms with E-state index in [1.165, 1.54) is 12.1 Å². The lowest BCUT2D eigenvalue weighted by atomic mass is 10.1. The van der Waals surface area contributed by atoms with Crippen molar-refractivity contribution in [3.63, 3.8) is 0 Å². The molecule has 0 atom stereocenters. The summed E-state index contributed by atoms with van der Waals surface area (Å²) in [4.78, 5) is 4.85. The fourth-order valence-corrected chi connectivity index (χ4v) is 4.06. The molecule has 31 heavy (non-hydrogen) atoms. The third-order valence-electron chi connectivity index (χ3n) is 5.30. The van der Waals surface area contributed by atoms with E-state index in [-0.39, 0.29) is 5.75 Å². The van der Waals surface area contributed by atoms with Crippen LogP contribution in [-0.4, -0.2) is 15.7 Å². The van der Waals surface area contributed by atoms with Gasteiger partial charge < -0.3 is 9.15 Å². The molecular weight excluding hydrogens is 405 g/mol. The number of pyridine rings is 1. The number of hydrogen-bond donors (Lipinski definition) is 0. The molecule has 3 heterocycles. The highest BCUT2D eigenvalue weighted by Gasteiger charge is 2.31. The number of rotatable bonds is 2. The van der Waals surface area contributed by atoms with E-state index in [1.54, 1.807) is 12.1 Å². The lowest BCUT2D eigenvalue weighted by molar-refractivity contribution is -0.274. The van der Waals surface area contributed by atoms with Gasteiger partial charge >= 0.3 is 6.36 Å². The Bertz CT molecular complexity index is 1600. The molecule has 0 fully saturated rings. The lowest BCUT2D eigenvalue weighted by Gasteiger charge is -2.11. The SMILES string of the molecule is FC(F)(F)Oc1ccc(-c2cc3oc4ccccc4c3c3nc4ccccc4n23)cc1. The molecule has 0 unspecified atom stereocenters. The third kappa shape index (κ3) is 2.81. The van der Waals surface area contributed by atoms with Gasteiger partial charge in [-0.05, 0) is 48.0 Å². The highest BCUT2D eigenvalue weighted by molar-refractivity contribution is 6.14. The van der Waals surface area contributed by atoms with E-state index in [0.717, 1.165) is 38.7 Å². The fraction of sp³-hybridized carbons (Fsp3) is 0.0417. The normalized spacial score (nSPS) is 12.4. The van der Waals surface area contributed by atoms with Gasteiger partial charge in [-0.1, -0.05) is 30.3 Å². The van der Waals surface area contributed by atoms with Crippen LogP contribution in [0.2, 0.25) is 0 Å². The van der Waals surface area contributed by atoms with Crippen molar-refractivity contribution in [2.75, 3.05) is 0 Å². The van der Waals surface area contributed by atoms with Crippen LogP contribution in [0.5, 0.6) is 5.75 Å². The first-order chi connectivity index (χ1) is 15.0. The van der Waals surface area contributed by atoms with Gasteiger partial charge in [-0.15, -0.1) is 13.2 Å². The molecule has 0 saturated heterocycles. The van der Waals surface area contributed by atoms with E-state index >= 15 is 0 Å². The zero-order valence-corrected chi connectivity index (χ0v) is 15.9. The second kappa shape index (κ2) is 6.25.